The number of anilines is 2. The van der Waals surface area contributed by atoms with Gasteiger partial charge in [-0.2, -0.15) is 13.2 Å². The SMILES string of the molecule is Cn1c(C=N)c(NCC(=O)Nc2nc(-c3ccc(F)c(C(F)(F)F)c3F)cs2)c(=O)n(C)c1=O. The normalized spacial score (nSPS) is 11.4. The zero-order chi connectivity index (χ0) is 25.4. The first kappa shape index (κ1) is 24.8. The van der Waals surface area contributed by atoms with E-state index in [0.717, 1.165) is 32.8 Å². The molecule has 0 saturated carbocycles. The molecular weight excluding hydrogens is 487 g/mol. The summed E-state index contributed by atoms with van der Waals surface area (Å²) in [5.41, 5.74) is -4.59. The minimum absolute atomic E-state index is 0.0651. The molecule has 34 heavy (non-hydrogen) atoms. The molecule has 0 bridgehead atoms. The quantitative estimate of drug-likeness (QED) is 0.353. The van der Waals surface area contributed by atoms with Gasteiger partial charge in [-0.05, 0) is 12.1 Å². The summed E-state index contributed by atoms with van der Waals surface area (Å²) in [4.78, 5) is 40.4. The van der Waals surface area contributed by atoms with Crippen molar-refractivity contribution in [3.63, 3.8) is 0 Å². The minimum Gasteiger partial charge on any atom is -0.370 e. The number of rotatable bonds is 6. The summed E-state index contributed by atoms with van der Waals surface area (Å²) in [5, 5.41) is 13.4. The highest BCUT2D eigenvalue weighted by atomic mass is 32.1. The van der Waals surface area contributed by atoms with E-state index in [0.29, 0.717) is 6.07 Å². The summed E-state index contributed by atoms with van der Waals surface area (Å²) in [6.07, 6.45) is -4.49. The highest BCUT2D eigenvalue weighted by Gasteiger charge is 2.39. The average molecular weight is 502 g/mol. The first-order valence-electron chi connectivity index (χ1n) is 9.22. The molecule has 180 valence electrons. The van der Waals surface area contributed by atoms with Crippen LogP contribution in [0.5, 0.6) is 0 Å². The van der Waals surface area contributed by atoms with Gasteiger partial charge in [-0.3, -0.25) is 18.7 Å². The number of carbonyl (C=O) groups excluding carboxylic acids is 1. The number of thiazole rings is 1. The van der Waals surface area contributed by atoms with Crippen LogP contribution in [0.2, 0.25) is 0 Å². The number of hydrogen-bond donors (Lipinski definition) is 3. The molecule has 3 N–H and O–H groups in total. The molecule has 9 nitrogen and oxygen atoms in total. The van der Waals surface area contributed by atoms with Crippen molar-refractivity contribution in [2.45, 2.75) is 6.18 Å². The Morgan fingerprint density at radius 1 is 1.21 bits per heavy atom. The Balaban J connectivity index is 1.79. The summed E-state index contributed by atoms with van der Waals surface area (Å²) >= 11 is 0.778. The second-order valence-electron chi connectivity index (χ2n) is 6.83. The van der Waals surface area contributed by atoms with Crippen molar-refractivity contribution >= 4 is 34.3 Å². The number of hydrogen-bond acceptors (Lipinski definition) is 7. The van der Waals surface area contributed by atoms with Crippen LogP contribution in [0.25, 0.3) is 11.3 Å². The molecule has 0 aliphatic carbocycles. The predicted molar refractivity (Wildman–Crippen MR) is 114 cm³/mol. The number of aromatic nitrogens is 3. The summed E-state index contributed by atoms with van der Waals surface area (Å²) in [6.45, 7) is -0.494. The Kier molecular flexibility index (Phi) is 6.67. The van der Waals surface area contributed by atoms with E-state index in [9.17, 15) is 36.3 Å². The van der Waals surface area contributed by atoms with Gasteiger partial charge >= 0.3 is 11.9 Å². The topological polar surface area (TPSA) is 122 Å². The van der Waals surface area contributed by atoms with Gasteiger partial charge in [0, 0.05) is 31.3 Å². The maximum Gasteiger partial charge on any atom is 0.422 e. The van der Waals surface area contributed by atoms with E-state index in [-0.39, 0.29) is 22.2 Å². The molecule has 3 aromatic rings. The van der Waals surface area contributed by atoms with Crippen molar-refractivity contribution in [1.82, 2.24) is 14.1 Å². The molecule has 1 aromatic carbocycles. The van der Waals surface area contributed by atoms with Crippen LogP contribution in [0.4, 0.5) is 32.8 Å². The zero-order valence-electron chi connectivity index (χ0n) is 17.4. The summed E-state index contributed by atoms with van der Waals surface area (Å²) in [7, 11) is 2.56. The number of nitrogens with one attached hydrogen (secondary N) is 3. The number of benzene rings is 1. The largest absolute Gasteiger partial charge is 0.422 e. The van der Waals surface area contributed by atoms with Crippen LogP contribution in [0.1, 0.15) is 11.3 Å². The molecule has 0 aliphatic rings. The molecule has 1 amide bonds. The maximum absolute atomic E-state index is 14.3. The number of carbonyl (C=O) groups is 1. The average Bonchev–Trinajstić information content (AvgIpc) is 3.20. The third-order valence-corrected chi connectivity index (χ3v) is 5.43. The third-order valence-electron chi connectivity index (χ3n) is 4.67. The fourth-order valence-electron chi connectivity index (χ4n) is 2.99. The van der Waals surface area contributed by atoms with E-state index in [1.807, 2.05) is 0 Å². The van der Waals surface area contributed by atoms with E-state index in [4.69, 9.17) is 5.41 Å². The smallest absolute Gasteiger partial charge is 0.370 e. The Labute approximate surface area is 191 Å². The fourth-order valence-corrected chi connectivity index (χ4v) is 3.72. The Morgan fingerprint density at radius 2 is 1.88 bits per heavy atom. The highest BCUT2D eigenvalue weighted by molar-refractivity contribution is 7.14. The molecule has 0 spiro atoms. The maximum atomic E-state index is 14.3. The van der Waals surface area contributed by atoms with Crippen molar-refractivity contribution in [3.05, 3.63) is 61.2 Å². The van der Waals surface area contributed by atoms with Crippen molar-refractivity contribution in [1.29, 1.82) is 5.41 Å². The molecule has 2 heterocycles. The first-order valence-corrected chi connectivity index (χ1v) is 10.1. The fraction of sp³-hybridized carbons (Fsp3) is 0.211. The van der Waals surface area contributed by atoms with E-state index in [2.05, 4.69) is 15.6 Å². The minimum atomic E-state index is -5.25. The first-order chi connectivity index (χ1) is 15.9. The van der Waals surface area contributed by atoms with Crippen LogP contribution in [-0.4, -0.2) is 32.8 Å². The van der Waals surface area contributed by atoms with E-state index in [1.54, 1.807) is 0 Å². The Hall–Kier alpha value is -3.88. The van der Waals surface area contributed by atoms with E-state index in [1.165, 1.54) is 19.5 Å². The molecule has 0 unspecified atom stereocenters. The Bertz CT molecular complexity index is 1410. The summed E-state index contributed by atoms with van der Waals surface area (Å²) in [5.74, 6) is -4.33. The molecule has 0 radical (unpaired) electrons. The molecule has 3 rings (SSSR count). The predicted octanol–water partition coefficient (Wildman–Crippen LogP) is 2.55. The number of amides is 1. The monoisotopic (exact) mass is 502 g/mol. The lowest BCUT2D eigenvalue weighted by molar-refractivity contribution is -0.142. The van der Waals surface area contributed by atoms with Crippen molar-refractivity contribution < 1.29 is 26.7 Å². The van der Waals surface area contributed by atoms with Crippen LogP contribution in [-0.2, 0) is 25.1 Å². The van der Waals surface area contributed by atoms with Gasteiger partial charge in [-0.1, -0.05) is 0 Å². The van der Waals surface area contributed by atoms with Crippen LogP contribution >= 0.6 is 11.3 Å². The second kappa shape index (κ2) is 9.17. The zero-order valence-corrected chi connectivity index (χ0v) is 18.2. The van der Waals surface area contributed by atoms with Gasteiger partial charge in [0.25, 0.3) is 5.56 Å². The van der Waals surface area contributed by atoms with Gasteiger partial charge in [-0.15, -0.1) is 11.3 Å². The van der Waals surface area contributed by atoms with Crippen LogP contribution in [0, 0.1) is 17.0 Å². The van der Waals surface area contributed by atoms with Gasteiger partial charge in [0.15, 0.2) is 5.13 Å². The molecule has 0 atom stereocenters. The number of alkyl halides is 3. The van der Waals surface area contributed by atoms with Crippen LogP contribution < -0.4 is 21.9 Å². The Morgan fingerprint density at radius 3 is 2.50 bits per heavy atom. The van der Waals surface area contributed by atoms with Crippen molar-refractivity contribution in [2.24, 2.45) is 14.1 Å². The van der Waals surface area contributed by atoms with Crippen LogP contribution in [0.3, 0.4) is 0 Å². The molecule has 2 aromatic heterocycles. The summed E-state index contributed by atoms with van der Waals surface area (Å²) in [6, 6.07) is 1.27. The lowest BCUT2D eigenvalue weighted by Crippen LogP contribution is -2.41. The number of nitrogens with zero attached hydrogens (tertiary/aromatic N) is 3. The number of halogens is 5. The standard InChI is InChI=1S/C19H15F5N6O3S/c1-29-11(5-25)15(16(32)30(2)18(29)33)26-6-12(31)28-17-27-10(7-34-17)8-3-4-9(20)13(14(8)21)19(22,23)24/h3-5,7,25-26H,6H2,1-2H3,(H,27,28,31). The van der Waals surface area contributed by atoms with Gasteiger partial charge in [0.2, 0.25) is 5.91 Å². The van der Waals surface area contributed by atoms with Gasteiger partial charge in [-0.25, -0.2) is 18.6 Å². The lowest BCUT2D eigenvalue weighted by atomic mass is 10.1. The van der Waals surface area contributed by atoms with Crippen LogP contribution in [0.15, 0.2) is 27.1 Å². The highest BCUT2D eigenvalue weighted by Crippen LogP contribution is 2.38. The molecule has 15 heteroatoms. The van der Waals surface area contributed by atoms with Crippen molar-refractivity contribution in [3.8, 4) is 11.3 Å². The van der Waals surface area contributed by atoms with Gasteiger partial charge in [0.1, 0.15) is 22.9 Å². The van der Waals surface area contributed by atoms with E-state index >= 15 is 0 Å². The molecular formula is C19H15F5N6O3S. The third kappa shape index (κ3) is 4.59. The summed E-state index contributed by atoms with van der Waals surface area (Å²) < 4.78 is 68.5. The van der Waals surface area contributed by atoms with Gasteiger partial charge in [0.05, 0.1) is 17.9 Å². The molecule has 0 fully saturated rings. The molecule has 0 aliphatic heterocycles. The van der Waals surface area contributed by atoms with Gasteiger partial charge < -0.3 is 16.0 Å². The second-order valence-corrected chi connectivity index (χ2v) is 7.69. The van der Waals surface area contributed by atoms with E-state index < -0.39 is 52.6 Å². The molecule has 0 saturated heterocycles. The van der Waals surface area contributed by atoms with Crippen molar-refractivity contribution in [2.75, 3.05) is 17.2 Å². The lowest BCUT2D eigenvalue weighted by Gasteiger charge is -2.13.